The fourth-order valence-electron chi connectivity index (χ4n) is 2.34. The van der Waals surface area contributed by atoms with Crippen LogP contribution < -0.4 is 0 Å². The lowest BCUT2D eigenvalue weighted by Crippen LogP contribution is -2.35. The molecule has 0 heterocycles. The fourth-order valence-corrected chi connectivity index (χ4v) is 2.34. The van der Waals surface area contributed by atoms with Crippen LogP contribution in [0.3, 0.4) is 0 Å². The second-order valence-electron chi connectivity index (χ2n) is 4.81. The van der Waals surface area contributed by atoms with Gasteiger partial charge in [0.1, 0.15) is 5.78 Å². The molecule has 15 heavy (non-hydrogen) atoms. The normalized spacial score (nSPS) is 18.7. The van der Waals surface area contributed by atoms with E-state index < -0.39 is 0 Å². The monoisotopic (exact) mass is 211 g/mol. The van der Waals surface area contributed by atoms with Crippen LogP contribution in [-0.2, 0) is 4.79 Å². The summed E-state index contributed by atoms with van der Waals surface area (Å²) >= 11 is 0. The Morgan fingerprint density at radius 3 is 2.47 bits per heavy atom. The molecule has 0 atom stereocenters. The number of unbranched alkanes of at least 4 members (excludes halogenated alkanes) is 3. The van der Waals surface area contributed by atoms with Crippen molar-refractivity contribution in [1.29, 1.82) is 0 Å². The molecule has 1 fully saturated rings. The van der Waals surface area contributed by atoms with Crippen LogP contribution >= 0.6 is 0 Å². The SMILES string of the molecule is CCCCCCN(C)C1CCC(=O)CC1. The van der Waals surface area contributed by atoms with Crippen LogP contribution in [-0.4, -0.2) is 30.3 Å². The van der Waals surface area contributed by atoms with Crippen LogP contribution in [0.25, 0.3) is 0 Å². The van der Waals surface area contributed by atoms with Gasteiger partial charge in [-0.2, -0.15) is 0 Å². The summed E-state index contributed by atoms with van der Waals surface area (Å²) < 4.78 is 0. The minimum absolute atomic E-state index is 0.464. The Bertz CT molecular complexity index is 181. The predicted molar refractivity (Wildman–Crippen MR) is 64.0 cm³/mol. The molecular formula is C13H25NO. The standard InChI is InChI=1S/C13H25NO/c1-3-4-5-6-11-14(2)12-7-9-13(15)10-8-12/h12H,3-11H2,1-2H3. The first kappa shape index (κ1) is 12.7. The molecule has 1 rings (SSSR count). The molecule has 0 aromatic carbocycles. The van der Waals surface area contributed by atoms with Gasteiger partial charge in [0.2, 0.25) is 0 Å². The van der Waals surface area contributed by atoms with E-state index in [9.17, 15) is 4.79 Å². The summed E-state index contributed by atoms with van der Waals surface area (Å²) in [4.78, 5) is 13.6. The molecule has 1 saturated carbocycles. The van der Waals surface area contributed by atoms with E-state index in [-0.39, 0.29) is 0 Å². The number of carbonyl (C=O) groups is 1. The molecule has 0 saturated heterocycles. The van der Waals surface area contributed by atoms with Gasteiger partial charge in [-0.25, -0.2) is 0 Å². The van der Waals surface area contributed by atoms with Gasteiger partial charge in [-0.15, -0.1) is 0 Å². The Kier molecular flexibility index (Phi) is 5.92. The quantitative estimate of drug-likeness (QED) is 0.629. The zero-order valence-corrected chi connectivity index (χ0v) is 10.3. The smallest absolute Gasteiger partial charge is 0.133 e. The van der Waals surface area contributed by atoms with Gasteiger partial charge < -0.3 is 4.90 Å². The zero-order chi connectivity index (χ0) is 11.1. The maximum Gasteiger partial charge on any atom is 0.133 e. The Morgan fingerprint density at radius 2 is 1.87 bits per heavy atom. The van der Waals surface area contributed by atoms with Gasteiger partial charge in [-0.05, 0) is 32.9 Å². The van der Waals surface area contributed by atoms with E-state index in [0.29, 0.717) is 11.8 Å². The van der Waals surface area contributed by atoms with Crippen molar-refractivity contribution in [2.75, 3.05) is 13.6 Å². The average molecular weight is 211 g/mol. The number of nitrogens with zero attached hydrogens (tertiary/aromatic N) is 1. The second kappa shape index (κ2) is 7.00. The fraction of sp³-hybridized carbons (Fsp3) is 0.923. The highest BCUT2D eigenvalue weighted by atomic mass is 16.1. The molecule has 1 aliphatic rings. The van der Waals surface area contributed by atoms with Crippen LogP contribution in [0, 0.1) is 0 Å². The highest BCUT2D eigenvalue weighted by molar-refractivity contribution is 5.79. The van der Waals surface area contributed by atoms with Crippen molar-refractivity contribution in [3.8, 4) is 0 Å². The van der Waals surface area contributed by atoms with Crippen molar-refractivity contribution in [2.24, 2.45) is 0 Å². The van der Waals surface area contributed by atoms with Crippen molar-refractivity contribution in [2.45, 2.75) is 64.3 Å². The predicted octanol–water partition coefficient (Wildman–Crippen LogP) is 3.01. The van der Waals surface area contributed by atoms with Gasteiger partial charge in [-0.3, -0.25) is 4.79 Å². The molecule has 2 heteroatoms. The number of hydrogen-bond acceptors (Lipinski definition) is 2. The van der Waals surface area contributed by atoms with Crippen molar-refractivity contribution >= 4 is 5.78 Å². The Morgan fingerprint density at radius 1 is 1.20 bits per heavy atom. The minimum atomic E-state index is 0.464. The van der Waals surface area contributed by atoms with Gasteiger partial charge in [0.05, 0.1) is 0 Å². The molecule has 0 aromatic heterocycles. The van der Waals surface area contributed by atoms with Crippen LogP contribution in [0.1, 0.15) is 58.3 Å². The lowest BCUT2D eigenvalue weighted by atomic mass is 9.93. The molecule has 88 valence electrons. The van der Waals surface area contributed by atoms with E-state index in [1.807, 2.05) is 0 Å². The van der Waals surface area contributed by atoms with Crippen LogP contribution in [0.15, 0.2) is 0 Å². The largest absolute Gasteiger partial charge is 0.303 e. The van der Waals surface area contributed by atoms with E-state index in [0.717, 1.165) is 25.7 Å². The number of hydrogen-bond donors (Lipinski definition) is 0. The highest BCUT2D eigenvalue weighted by Gasteiger charge is 2.21. The Hall–Kier alpha value is -0.370. The van der Waals surface area contributed by atoms with Crippen molar-refractivity contribution in [3.05, 3.63) is 0 Å². The maximum atomic E-state index is 11.1. The lowest BCUT2D eigenvalue weighted by molar-refractivity contribution is -0.121. The van der Waals surface area contributed by atoms with Crippen LogP contribution in [0.2, 0.25) is 0 Å². The molecule has 0 radical (unpaired) electrons. The van der Waals surface area contributed by atoms with Crippen molar-refractivity contribution in [3.63, 3.8) is 0 Å². The summed E-state index contributed by atoms with van der Waals surface area (Å²) in [6.07, 6.45) is 9.13. The summed E-state index contributed by atoms with van der Waals surface area (Å²) in [6, 6.07) is 0.671. The van der Waals surface area contributed by atoms with Gasteiger partial charge in [0.25, 0.3) is 0 Å². The van der Waals surface area contributed by atoms with E-state index in [1.54, 1.807) is 0 Å². The molecule has 2 nitrogen and oxygen atoms in total. The molecule has 0 unspecified atom stereocenters. The van der Waals surface area contributed by atoms with Crippen molar-refractivity contribution in [1.82, 2.24) is 4.90 Å². The third-order valence-corrected chi connectivity index (χ3v) is 3.50. The summed E-state index contributed by atoms with van der Waals surface area (Å²) in [5, 5.41) is 0. The maximum absolute atomic E-state index is 11.1. The third kappa shape index (κ3) is 4.78. The molecule has 0 aromatic rings. The van der Waals surface area contributed by atoms with E-state index in [4.69, 9.17) is 0 Å². The van der Waals surface area contributed by atoms with Gasteiger partial charge in [-0.1, -0.05) is 26.2 Å². The lowest BCUT2D eigenvalue weighted by Gasteiger charge is -2.30. The first-order chi connectivity index (χ1) is 7.24. The highest BCUT2D eigenvalue weighted by Crippen LogP contribution is 2.19. The van der Waals surface area contributed by atoms with Crippen LogP contribution in [0.4, 0.5) is 0 Å². The molecular weight excluding hydrogens is 186 g/mol. The number of carbonyl (C=O) groups excluding carboxylic acids is 1. The van der Waals surface area contributed by atoms with E-state index >= 15 is 0 Å². The molecule has 0 amide bonds. The van der Waals surface area contributed by atoms with Gasteiger partial charge in [0.15, 0.2) is 0 Å². The van der Waals surface area contributed by atoms with Gasteiger partial charge >= 0.3 is 0 Å². The Labute approximate surface area is 94.0 Å². The first-order valence-electron chi connectivity index (χ1n) is 6.46. The summed E-state index contributed by atoms with van der Waals surface area (Å²) in [7, 11) is 2.21. The molecule has 0 aliphatic heterocycles. The van der Waals surface area contributed by atoms with Crippen LogP contribution in [0.5, 0.6) is 0 Å². The van der Waals surface area contributed by atoms with E-state index in [2.05, 4.69) is 18.9 Å². The van der Waals surface area contributed by atoms with E-state index in [1.165, 1.54) is 32.2 Å². The number of rotatable bonds is 6. The van der Waals surface area contributed by atoms with Crippen molar-refractivity contribution < 1.29 is 4.79 Å². The second-order valence-corrected chi connectivity index (χ2v) is 4.81. The summed E-state index contributed by atoms with van der Waals surface area (Å²) in [6.45, 7) is 3.45. The topological polar surface area (TPSA) is 20.3 Å². The molecule has 0 spiro atoms. The van der Waals surface area contributed by atoms with Gasteiger partial charge in [0, 0.05) is 18.9 Å². The summed E-state index contributed by atoms with van der Waals surface area (Å²) in [5.41, 5.74) is 0. The zero-order valence-electron chi connectivity index (χ0n) is 10.3. The molecule has 0 N–H and O–H groups in total. The Balaban J connectivity index is 2.11. The number of Topliss-reactive ketones (excluding diaryl/α,β-unsaturated/α-hetero) is 1. The number of ketones is 1. The summed E-state index contributed by atoms with van der Waals surface area (Å²) in [5.74, 6) is 0.464. The third-order valence-electron chi connectivity index (χ3n) is 3.50. The average Bonchev–Trinajstić information content (AvgIpc) is 2.25. The first-order valence-corrected chi connectivity index (χ1v) is 6.46. The minimum Gasteiger partial charge on any atom is -0.303 e. The molecule has 1 aliphatic carbocycles. The molecule has 0 bridgehead atoms.